The summed E-state index contributed by atoms with van der Waals surface area (Å²) in [6.45, 7) is 0.541. The van der Waals surface area contributed by atoms with E-state index in [9.17, 15) is 0 Å². The van der Waals surface area contributed by atoms with Crippen LogP contribution in [0.3, 0.4) is 0 Å². The molecule has 0 heterocycles. The van der Waals surface area contributed by atoms with Gasteiger partial charge in [0.05, 0.1) is 19.9 Å². The van der Waals surface area contributed by atoms with Gasteiger partial charge in [0, 0.05) is 12.2 Å². The van der Waals surface area contributed by atoms with Gasteiger partial charge in [-0.25, -0.2) is 0 Å². The highest BCUT2D eigenvalue weighted by atomic mass is 16.5. The van der Waals surface area contributed by atoms with Crippen LogP contribution in [-0.2, 0) is 6.54 Å². The molecule has 0 aliphatic carbocycles. The summed E-state index contributed by atoms with van der Waals surface area (Å²) in [4.78, 5) is 0. The highest BCUT2D eigenvalue weighted by molar-refractivity contribution is 5.74. The smallest absolute Gasteiger partial charge is 0.142 e. The first-order chi connectivity index (χ1) is 12.2. The van der Waals surface area contributed by atoms with Crippen molar-refractivity contribution in [1.82, 2.24) is 0 Å². The Morgan fingerprint density at radius 1 is 0.840 bits per heavy atom. The summed E-state index contributed by atoms with van der Waals surface area (Å²) in [5.74, 6) is 1.61. The SMILES string of the molecule is COc1cccc(-c2ccc(Nc3ccc(CN)cc3)c(OC)c2)c1. The van der Waals surface area contributed by atoms with Gasteiger partial charge in [-0.3, -0.25) is 0 Å². The first-order valence-electron chi connectivity index (χ1n) is 8.12. The van der Waals surface area contributed by atoms with Gasteiger partial charge in [-0.15, -0.1) is 0 Å². The highest BCUT2D eigenvalue weighted by Crippen LogP contribution is 2.33. The molecule has 3 N–H and O–H groups in total. The molecule has 3 rings (SSSR count). The second-order valence-corrected chi connectivity index (χ2v) is 5.67. The number of anilines is 2. The maximum absolute atomic E-state index is 5.64. The number of benzene rings is 3. The standard InChI is InChI=1S/C21H22N2O2/c1-24-19-5-3-4-16(12-19)17-8-11-20(21(13-17)25-2)23-18-9-6-15(14-22)7-10-18/h3-13,23H,14,22H2,1-2H3. The predicted octanol–water partition coefficient (Wildman–Crippen LogP) is 4.57. The molecule has 3 aromatic rings. The van der Waals surface area contributed by atoms with Gasteiger partial charge in [0.25, 0.3) is 0 Å². The molecular weight excluding hydrogens is 312 g/mol. The Morgan fingerprint density at radius 2 is 1.60 bits per heavy atom. The number of hydrogen-bond donors (Lipinski definition) is 2. The molecule has 0 amide bonds. The Labute approximate surface area is 148 Å². The third-order valence-electron chi connectivity index (χ3n) is 4.07. The Balaban J connectivity index is 1.88. The maximum atomic E-state index is 5.64. The number of methoxy groups -OCH3 is 2. The normalized spacial score (nSPS) is 10.4. The fraction of sp³-hybridized carbons (Fsp3) is 0.143. The monoisotopic (exact) mass is 334 g/mol. The lowest BCUT2D eigenvalue weighted by atomic mass is 10.0. The summed E-state index contributed by atoms with van der Waals surface area (Å²) in [5, 5.41) is 3.39. The van der Waals surface area contributed by atoms with Crippen LogP contribution in [0.5, 0.6) is 11.5 Å². The average Bonchev–Trinajstić information content (AvgIpc) is 2.69. The van der Waals surface area contributed by atoms with E-state index in [1.807, 2.05) is 54.6 Å². The van der Waals surface area contributed by atoms with Crippen molar-refractivity contribution in [2.24, 2.45) is 5.73 Å². The molecule has 0 radical (unpaired) electrons. The van der Waals surface area contributed by atoms with Crippen LogP contribution in [0, 0.1) is 0 Å². The van der Waals surface area contributed by atoms with E-state index in [1.165, 1.54) is 0 Å². The molecule has 0 spiro atoms. The minimum absolute atomic E-state index is 0.541. The van der Waals surface area contributed by atoms with Crippen molar-refractivity contribution in [3.8, 4) is 22.6 Å². The van der Waals surface area contributed by atoms with Gasteiger partial charge in [-0.2, -0.15) is 0 Å². The zero-order valence-electron chi connectivity index (χ0n) is 14.5. The van der Waals surface area contributed by atoms with E-state index in [-0.39, 0.29) is 0 Å². The van der Waals surface area contributed by atoms with Gasteiger partial charge in [-0.1, -0.05) is 30.3 Å². The lowest BCUT2D eigenvalue weighted by Gasteiger charge is -2.14. The molecule has 0 unspecified atom stereocenters. The zero-order valence-corrected chi connectivity index (χ0v) is 14.5. The first kappa shape index (κ1) is 16.9. The van der Waals surface area contributed by atoms with Crippen LogP contribution in [0.2, 0.25) is 0 Å². The summed E-state index contributed by atoms with van der Waals surface area (Å²) in [6.07, 6.45) is 0. The second-order valence-electron chi connectivity index (χ2n) is 5.67. The lowest BCUT2D eigenvalue weighted by molar-refractivity contribution is 0.414. The third kappa shape index (κ3) is 3.92. The Morgan fingerprint density at radius 3 is 2.28 bits per heavy atom. The molecule has 0 bridgehead atoms. The molecule has 4 nitrogen and oxygen atoms in total. The van der Waals surface area contributed by atoms with E-state index in [2.05, 4.69) is 17.4 Å². The molecule has 0 atom stereocenters. The van der Waals surface area contributed by atoms with Crippen molar-refractivity contribution >= 4 is 11.4 Å². The number of hydrogen-bond acceptors (Lipinski definition) is 4. The van der Waals surface area contributed by atoms with Gasteiger partial charge in [-0.05, 0) is 53.1 Å². The minimum atomic E-state index is 0.541. The largest absolute Gasteiger partial charge is 0.497 e. The van der Waals surface area contributed by atoms with Crippen LogP contribution in [-0.4, -0.2) is 14.2 Å². The fourth-order valence-electron chi connectivity index (χ4n) is 2.66. The van der Waals surface area contributed by atoms with Crippen LogP contribution < -0.4 is 20.5 Å². The number of nitrogens with two attached hydrogens (primary N) is 1. The molecule has 0 saturated carbocycles. The molecular formula is C21H22N2O2. The molecule has 4 heteroatoms. The summed E-state index contributed by atoms with van der Waals surface area (Å²) in [6, 6.07) is 22.1. The Hall–Kier alpha value is -2.98. The Bertz CT molecular complexity index is 845. The van der Waals surface area contributed by atoms with Crippen LogP contribution >= 0.6 is 0 Å². The van der Waals surface area contributed by atoms with E-state index >= 15 is 0 Å². The van der Waals surface area contributed by atoms with Crippen LogP contribution in [0.25, 0.3) is 11.1 Å². The Kier molecular flexibility index (Phi) is 5.21. The van der Waals surface area contributed by atoms with Crippen molar-refractivity contribution in [3.63, 3.8) is 0 Å². The molecule has 0 aliphatic heterocycles. The predicted molar refractivity (Wildman–Crippen MR) is 103 cm³/mol. The van der Waals surface area contributed by atoms with Crippen LogP contribution in [0.1, 0.15) is 5.56 Å². The molecule has 3 aromatic carbocycles. The number of rotatable bonds is 6. The van der Waals surface area contributed by atoms with Crippen molar-refractivity contribution in [1.29, 1.82) is 0 Å². The summed E-state index contributed by atoms with van der Waals surface area (Å²) in [5.41, 5.74) is 10.8. The van der Waals surface area contributed by atoms with Crippen molar-refractivity contribution in [3.05, 3.63) is 72.3 Å². The van der Waals surface area contributed by atoms with E-state index in [0.717, 1.165) is 39.6 Å². The minimum Gasteiger partial charge on any atom is -0.497 e. The molecule has 0 fully saturated rings. The van der Waals surface area contributed by atoms with E-state index in [0.29, 0.717) is 6.54 Å². The fourth-order valence-corrected chi connectivity index (χ4v) is 2.66. The van der Waals surface area contributed by atoms with Gasteiger partial charge < -0.3 is 20.5 Å². The van der Waals surface area contributed by atoms with Crippen LogP contribution in [0.15, 0.2) is 66.7 Å². The lowest BCUT2D eigenvalue weighted by Crippen LogP contribution is -1.98. The van der Waals surface area contributed by atoms with Gasteiger partial charge >= 0.3 is 0 Å². The van der Waals surface area contributed by atoms with Gasteiger partial charge in [0.1, 0.15) is 11.5 Å². The summed E-state index contributed by atoms with van der Waals surface area (Å²) in [7, 11) is 3.34. The molecule has 128 valence electrons. The second kappa shape index (κ2) is 7.73. The molecule has 25 heavy (non-hydrogen) atoms. The molecule has 0 aliphatic rings. The number of nitrogens with one attached hydrogen (secondary N) is 1. The van der Waals surface area contributed by atoms with Crippen molar-refractivity contribution < 1.29 is 9.47 Å². The summed E-state index contributed by atoms with van der Waals surface area (Å²) >= 11 is 0. The van der Waals surface area contributed by atoms with Crippen molar-refractivity contribution in [2.75, 3.05) is 19.5 Å². The summed E-state index contributed by atoms with van der Waals surface area (Å²) < 4.78 is 10.9. The van der Waals surface area contributed by atoms with E-state index in [4.69, 9.17) is 15.2 Å². The average molecular weight is 334 g/mol. The quantitative estimate of drug-likeness (QED) is 0.693. The van der Waals surface area contributed by atoms with E-state index in [1.54, 1.807) is 14.2 Å². The molecule has 0 aromatic heterocycles. The maximum Gasteiger partial charge on any atom is 0.142 e. The zero-order chi connectivity index (χ0) is 17.6. The van der Waals surface area contributed by atoms with Gasteiger partial charge in [0.15, 0.2) is 0 Å². The number of ether oxygens (including phenoxy) is 2. The van der Waals surface area contributed by atoms with E-state index < -0.39 is 0 Å². The third-order valence-corrected chi connectivity index (χ3v) is 4.07. The topological polar surface area (TPSA) is 56.5 Å². The van der Waals surface area contributed by atoms with Crippen molar-refractivity contribution in [2.45, 2.75) is 6.54 Å². The molecule has 0 saturated heterocycles. The first-order valence-corrected chi connectivity index (χ1v) is 8.12. The highest BCUT2D eigenvalue weighted by Gasteiger charge is 2.07. The van der Waals surface area contributed by atoms with Gasteiger partial charge in [0.2, 0.25) is 0 Å². The van der Waals surface area contributed by atoms with Crippen LogP contribution in [0.4, 0.5) is 11.4 Å².